The van der Waals surface area contributed by atoms with Crippen LogP contribution in [0.25, 0.3) is 0 Å². The summed E-state index contributed by atoms with van der Waals surface area (Å²) >= 11 is 0. The van der Waals surface area contributed by atoms with Crippen LogP contribution in [-0.2, 0) is 14.4 Å². The molecule has 0 saturated heterocycles. The van der Waals surface area contributed by atoms with E-state index in [0.717, 1.165) is 57.9 Å². The minimum absolute atomic E-state index is 0.169. The first-order valence-electron chi connectivity index (χ1n) is 15.3. The summed E-state index contributed by atoms with van der Waals surface area (Å²) in [6, 6.07) is 0. The Morgan fingerprint density at radius 2 is 1.03 bits per heavy atom. The summed E-state index contributed by atoms with van der Waals surface area (Å²) in [5, 5.41) is 14.7. The molecule has 36 heavy (non-hydrogen) atoms. The minimum Gasteiger partial charge on any atom is -0.481 e. The fourth-order valence-electron chi connectivity index (χ4n) is 5.33. The summed E-state index contributed by atoms with van der Waals surface area (Å²) in [5.41, 5.74) is 0. The van der Waals surface area contributed by atoms with Gasteiger partial charge in [-0.25, -0.2) is 0 Å². The maximum absolute atomic E-state index is 12.1. The molecule has 3 N–H and O–H groups in total. The zero-order valence-electron chi connectivity index (χ0n) is 23.3. The first-order valence-corrected chi connectivity index (χ1v) is 15.3. The summed E-state index contributed by atoms with van der Waals surface area (Å²) in [5.74, 6) is 0.421. The Kier molecular flexibility index (Phi) is 20.4. The largest absolute Gasteiger partial charge is 0.481 e. The lowest BCUT2D eigenvalue weighted by molar-refractivity contribution is -0.137. The fourth-order valence-corrected chi connectivity index (χ4v) is 5.33. The van der Waals surface area contributed by atoms with Crippen molar-refractivity contribution in [3.8, 4) is 0 Å². The van der Waals surface area contributed by atoms with Crippen molar-refractivity contribution in [2.24, 2.45) is 11.8 Å². The molecule has 1 aliphatic rings. The average Bonchev–Trinajstić information content (AvgIpc) is 2.87. The van der Waals surface area contributed by atoms with E-state index in [1.807, 2.05) is 6.92 Å². The molecule has 0 unspecified atom stereocenters. The molecule has 0 aromatic rings. The highest BCUT2D eigenvalue weighted by Crippen LogP contribution is 2.28. The van der Waals surface area contributed by atoms with E-state index in [4.69, 9.17) is 5.11 Å². The van der Waals surface area contributed by atoms with Crippen LogP contribution in [0.1, 0.15) is 148 Å². The lowest BCUT2D eigenvalue weighted by Gasteiger charge is -2.27. The molecule has 0 aromatic carbocycles. The molecule has 0 heterocycles. The highest BCUT2D eigenvalue weighted by molar-refractivity contribution is 5.78. The van der Waals surface area contributed by atoms with E-state index >= 15 is 0 Å². The van der Waals surface area contributed by atoms with Gasteiger partial charge in [0.1, 0.15) is 0 Å². The van der Waals surface area contributed by atoms with E-state index in [2.05, 4.69) is 10.6 Å². The predicted octanol–water partition coefficient (Wildman–Crippen LogP) is 7.15. The van der Waals surface area contributed by atoms with Crippen LogP contribution < -0.4 is 10.6 Å². The van der Waals surface area contributed by atoms with Gasteiger partial charge in [-0.3, -0.25) is 14.4 Å². The van der Waals surface area contributed by atoms with Gasteiger partial charge in [-0.05, 0) is 51.4 Å². The second kappa shape index (κ2) is 22.6. The second-order valence-corrected chi connectivity index (χ2v) is 11.0. The van der Waals surface area contributed by atoms with E-state index in [1.165, 1.54) is 77.0 Å². The molecule has 0 spiro atoms. The Hall–Kier alpha value is -1.59. The Bertz CT molecular complexity index is 573. The Morgan fingerprint density at radius 1 is 0.611 bits per heavy atom. The molecular weight excluding hydrogens is 452 g/mol. The van der Waals surface area contributed by atoms with Crippen LogP contribution in [-0.4, -0.2) is 36.0 Å². The Labute approximate surface area is 221 Å². The van der Waals surface area contributed by atoms with Crippen LogP contribution in [0, 0.1) is 11.8 Å². The summed E-state index contributed by atoms with van der Waals surface area (Å²) in [7, 11) is 0. The molecule has 6 heteroatoms. The standard InChI is InChI=1S/C30H56N2O4/c1-2-31-30(36)27-23-21-26(22-24-27)25-32-28(33)19-17-15-13-11-9-7-5-3-4-6-8-10-12-14-16-18-20-29(34)35/h26-27H,2-25H2,1H3,(H,31,36)(H,32,33)(H,34,35). The van der Waals surface area contributed by atoms with E-state index in [1.54, 1.807) is 0 Å². The number of amides is 2. The van der Waals surface area contributed by atoms with Crippen LogP contribution >= 0.6 is 0 Å². The average molecular weight is 509 g/mol. The van der Waals surface area contributed by atoms with Crippen molar-refractivity contribution in [3.63, 3.8) is 0 Å². The molecule has 0 aliphatic heterocycles. The van der Waals surface area contributed by atoms with Gasteiger partial charge in [-0.2, -0.15) is 0 Å². The number of unbranched alkanes of at least 4 members (excludes halogenated alkanes) is 15. The van der Waals surface area contributed by atoms with Gasteiger partial charge in [0.05, 0.1) is 0 Å². The number of hydrogen-bond donors (Lipinski definition) is 3. The van der Waals surface area contributed by atoms with Crippen LogP contribution in [0.5, 0.6) is 0 Å². The van der Waals surface area contributed by atoms with Gasteiger partial charge in [0, 0.05) is 31.8 Å². The van der Waals surface area contributed by atoms with Crippen LogP contribution in [0.3, 0.4) is 0 Å². The fraction of sp³-hybridized carbons (Fsp3) is 0.900. The third-order valence-corrected chi connectivity index (χ3v) is 7.70. The van der Waals surface area contributed by atoms with Crippen molar-refractivity contribution in [3.05, 3.63) is 0 Å². The molecule has 210 valence electrons. The zero-order valence-corrected chi connectivity index (χ0v) is 23.3. The molecule has 1 aliphatic carbocycles. The highest BCUT2D eigenvalue weighted by atomic mass is 16.4. The van der Waals surface area contributed by atoms with Gasteiger partial charge in [-0.15, -0.1) is 0 Å². The summed E-state index contributed by atoms with van der Waals surface area (Å²) in [6.07, 6.45) is 24.6. The molecule has 1 rings (SSSR count). The summed E-state index contributed by atoms with van der Waals surface area (Å²) in [6.45, 7) is 3.44. The monoisotopic (exact) mass is 508 g/mol. The number of rotatable bonds is 23. The molecule has 2 amide bonds. The molecule has 0 bridgehead atoms. The van der Waals surface area contributed by atoms with Crippen molar-refractivity contribution in [2.75, 3.05) is 13.1 Å². The number of carboxylic acids is 1. The summed E-state index contributed by atoms with van der Waals surface area (Å²) in [4.78, 5) is 34.5. The number of hydrogen-bond acceptors (Lipinski definition) is 3. The molecule has 6 nitrogen and oxygen atoms in total. The maximum atomic E-state index is 12.1. The smallest absolute Gasteiger partial charge is 0.303 e. The first-order chi connectivity index (χ1) is 17.5. The molecular formula is C30H56N2O4. The molecule has 1 fully saturated rings. The molecule has 1 saturated carbocycles. The molecule has 0 aromatic heterocycles. The Morgan fingerprint density at radius 3 is 1.44 bits per heavy atom. The number of carbonyl (C=O) groups is 3. The number of nitrogens with one attached hydrogen (secondary N) is 2. The van der Waals surface area contributed by atoms with Gasteiger partial charge < -0.3 is 15.7 Å². The van der Waals surface area contributed by atoms with Crippen LogP contribution in [0.15, 0.2) is 0 Å². The van der Waals surface area contributed by atoms with E-state index in [9.17, 15) is 14.4 Å². The third kappa shape index (κ3) is 18.6. The lowest BCUT2D eigenvalue weighted by Crippen LogP contribution is -2.36. The van der Waals surface area contributed by atoms with Crippen molar-refractivity contribution >= 4 is 17.8 Å². The van der Waals surface area contributed by atoms with Gasteiger partial charge >= 0.3 is 5.97 Å². The lowest BCUT2D eigenvalue weighted by atomic mass is 9.81. The van der Waals surface area contributed by atoms with Crippen molar-refractivity contribution in [1.82, 2.24) is 10.6 Å². The number of aliphatic carboxylic acids is 1. The summed E-state index contributed by atoms with van der Waals surface area (Å²) < 4.78 is 0. The van der Waals surface area contributed by atoms with Gasteiger partial charge in [0.2, 0.25) is 11.8 Å². The van der Waals surface area contributed by atoms with Crippen LogP contribution in [0.2, 0.25) is 0 Å². The van der Waals surface area contributed by atoms with Crippen molar-refractivity contribution in [2.45, 2.75) is 148 Å². The SMILES string of the molecule is CCNC(=O)C1CCC(CNC(=O)CCCCCCCCCCCCCCCCCCC(=O)O)CC1. The number of carboxylic acid groups (broad SMARTS) is 1. The van der Waals surface area contributed by atoms with Crippen molar-refractivity contribution < 1.29 is 19.5 Å². The quantitative estimate of drug-likeness (QED) is 0.128. The topological polar surface area (TPSA) is 95.5 Å². The third-order valence-electron chi connectivity index (χ3n) is 7.70. The predicted molar refractivity (Wildman–Crippen MR) is 148 cm³/mol. The van der Waals surface area contributed by atoms with Gasteiger partial charge in [-0.1, -0.05) is 89.9 Å². The zero-order chi connectivity index (χ0) is 26.3. The van der Waals surface area contributed by atoms with Crippen LogP contribution in [0.4, 0.5) is 0 Å². The number of carbonyl (C=O) groups excluding carboxylic acids is 2. The Balaban J connectivity index is 1.79. The van der Waals surface area contributed by atoms with Gasteiger partial charge in [0.15, 0.2) is 0 Å². The van der Waals surface area contributed by atoms with E-state index in [0.29, 0.717) is 25.3 Å². The van der Waals surface area contributed by atoms with Crippen molar-refractivity contribution in [1.29, 1.82) is 0 Å². The maximum Gasteiger partial charge on any atom is 0.303 e. The van der Waals surface area contributed by atoms with E-state index in [-0.39, 0.29) is 17.7 Å². The molecule has 0 atom stereocenters. The molecule has 0 radical (unpaired) electrons. The van der Waals surface area contributed by atoms with Gasteiger partial charge in [0.25, 0.3) is 0 Å². The normalized spacial score (nSPS) is 17.6. The second-order valence-electron chi connectivity index (χ2n) is 11.0. The first kappa shape index (κ1) is 32.4. The van der Waals surface area contributed by atoms with E-state index < -0.39 is 5.97 Å². The minimum atomic E-state index is -0.670. The highest BCUT2D eigenvalue weighted by Gasteiger charge is 2.25.